The number of hydrogen-bond acceptors (Lipinski definition) is 6. The van der Waals surface area contributed by atoms with Crippen LogP contribution in [0.5, 0.6) is 5.75 Å². The van der Waals surface area contributed by atoms with Gasteiger partial charge in [0.1, 0.15) is 12.4 Å². The molecule has 7 nitrogen and oxygen atoms in total. The molecular weight excluding hydrogens is 398 g/mol. The normalized spacial score (nSPS) is 10.6. The number of thioether (sulfide) groups is 1. The van der Waals surface area contributed by atoms with E-state index in [-0.39, 0.29) is 18.3 Å². The van der Waals surface area contributed by atoms with Crippen LogP contribution in [0.3, 0.4) is 0 Å². The first-order valence-electron chi connectivity index (χ1n) is 8.54. The largest absolute Gasteiger partial charge is 0.486 e. The molecule has 0 fully saturated rings. The number of ether oxygens (including phenoxy) is 1. The van der Waals surface area contributed by atoms with Gasteiger partial charge in [-0.2, -0.15) is 0 Å². The van der Waals surface area contributed by atoms with E-state index >= 15 is 0 Å². The molecule has 0 saturated carbocycles. The Morgan fingerprint density at radius 2 is 1.96 bits per heavy atom. The van der Waals surface area contributed by atoms with Crippen LogP contribution in [0.2, 0.25) is 5.02 Å². The Kier molecular flexibility index (Phi) is 6.78. The van der Waals surface area contributed by atoms with Crippen molar-refractivity contribution in [2.75, 3.05) is 11.6 Å². The molecule has 0 spiro atoms. The number of aromatic nitrogens is 3. The van der Waals surface area contributed by atoms with Gasteiger partial charge in [0.2, 0.25) is 11.1 Å². The third-order valence-electron chi connectivity index (χ3n) is 3.99. The average molecular weight is 418 g/mol. The van der Waals surface area contributed by atoms with Crippen LogP contribution in [0.15, 0.2) is 53.7 Å². The van der Waals surface area contributed by atoms with Crippen LogP contribution in [0.1, 0.15) is 17.0 Å². The monoisotopic (exact) mass is 417 g/mol. The summed E-state index contributed by atoms with van der Waals surface area (Å²) in [6.07, 6.45) is 0. The lowest BCUT2D eigenvalue weighted by Gasteiger charge is -2.08. The molecule has 0 bridgehead atoms. The van der Waals surface area contributed by atoms with E-state index in [9.17, 15) is 4.79 Å². The van der Waals surface area contributed by atoms with Crippen LogP contribution < -0.4 is 15.9 Å². The average Bonchev–Trinajstić information content (AvgIpc) is 3.05. The molecule has 9 heteroatoms. The summed E-state index contributed by atoms with van der Waals surface area (Å²) in [6.45, 7) is 2.66. The van der Waals surface area contributed by atoms with E-state index in [4.69, 9.17) is 22.2 Å². The van der Waals surface area contributed by atoms with E-state index in [1.807, 2.05) is 31.2 Å². The summed E-state index contributed by atoms with van der Waals surface area (Å²) in [5, 5.41) is 12.0. The van der Waals surface area contributed by atoms with Crippen molar-refractivity contribution in [2.45, 2.75) is 25.2 Å². The molecule has 0 aliphatic heterocycles. The fraction of sp³-hybridized carbons (Fsp3) is 0.211. The first-order valence-corrected chi connectivity index (χ1v) is 9.91. The summed E-state index contributed by atoms with van der Waals surface area (Å²) >= 11 is 7.06. The molecule has 0 aliphatic rings. The van der Waals surface area contributed by atoms with Crippen LogP contribution >= 0.6 is 23.4 Å². The first kappa shape index (κ1) is 20.0. The Morgan fingerprint density at radius 3 is 2.71 bits per heavy atom. The first-order chi connectivity index (χ1) is 13.5. The van der Waals surface area contributed by atoms with E-state index in [0.717, 1.165) is 11.1 Å². The second-order valence-electron chi connectivity index (χ2n) is 6.00. The smallest absolute Gasteiger partial charge is 0.230 e. The van der Waals surface area contributed by atoms with E-state index in [0.29, 0.717) is 28.3 Å². The summed E-state index contributed by atoms with van der Waals surface area (Å²) in [6, 6.07) is 14.9. The molecular formula is C19H20ClN5O2S. The van der Waals surface area contributed by atoms with Crippen LogP contribution in [0.4, 0.5) is 0 Å². The van der Waals surface area contributed by atoms with Crippen LogP contribution in [-0.2, 0) is 17.9 Å². The zero-order valence-electron chi connectivity index (χ0n) is 15.3. The minimum absolute atomic E-state index is 0.102. The van der Waals surface area contributed by atoms with Crippen molar-refractivity contribution < 1.29 is 9.53 Å². The zero-order chi connectivity index (χ0) is 19.9. The number of rotatable bonds is 8. The lowest BCUT2D eigenvalue weighted by Crippen LogP contribution is -2.25. The van der Waals surface area contributed by atoms with Gasteiger partial charge in [-0.15, -0.1) is 10.2 Å². The molecule has 0 atom stereocenters. The highest BCUT2D eigenvalue weighted by Crippen LogP contribution is 2.18. The summed E-state index contributed by atoms with van der Waals surface area (Å²) < 4.78 is 6.94. The zero-order valence-corrected chi connectivity index (χ0v) is 16.8. The van der Waals surface area contributed by atoms with Gasteiger partial charge in [0.05, 0.1) is 5.75 Å². The Hall–Kier alpha value is -2.71. The molecule has 2 aromatic carbocycles. The number of nitrogens with two attached hydrogens (primary N) is 1. The van der Waals surface area contributed by atoms with Crippen LogP contribution in [-0.4, -0.2) is 26.5 Å². The molecule has 28 heavy (non-hydrogen) atoms. The quantitative estimate of drug-likeness (QED) is 0.432. The molecule has 3 rings (SSSR count). The van der Waals surface area contributed by atoms with Gasteiger partial charge >= 0.3 is 0 Å². The van der Waals surface area contributed by atoms with Gasteiger partial charge in [0, 0.05) is 11.6 Å². The van der Waals surface area contributed by atoms with Gasteiger partial charge in [-0.1, -0.05) is 47.6 Å². The van der Waals surface area contributed by atoms with Crippen molar-refractivity contribution in [2.24, 2.45) is 0 Å². The minimum Gasteiger partial charge on any atom is -0.486 e. The number of carbonyl (C=O) groups excluding carboxylic acids is 1. The molecule has 1 amide bonds. The number of nitrogens with zero attached hydrogens (tertiary/aromatic N) is 3. The number of amides is 1. The highest BCUT2D eigenvalue weighted by Gasteiger charge is 2.13. The predicted molar refractivity (Wildman–Crippen MR) is 110 cm³/mol. The third-order valence-corrected chi connectivity index (χ3v) is 5.18. The molecule has 0 radical (unpaired) electrons. The maximum atomic E-state index is 12.1. The van der Waals surface area contributed by atoms with Crippen molar-refractivity contribution in [3.05, 3.63) is 70.5 Å². The standard InChI is InChI=1S/C19H20ClN5O2S/c1-13-4-2-3-5-14(13)10-22-18(26)12-28-19-24-23-17(25(19)21)11-27-16-8-6-15(20)7-9-16/h2-9H,10-12,21H2,1H3,(H,22,26). The maximum absolute atomic E-state index is 12.1. The summed E-state index contributed by atoms with van der Waals surface area (Å²) in [7, 11) is 0. The Bertz CT molecular complexity index is 946. The Balaban J connectivity index is 1.47. The van der Waals surface area contributed by atoms with Crippen molar-refractivity contribution in [1.29, 1.82) is 0 Å². The lowest BCUT2D eigenvalue weighted by atomic mass is 10.1. The van der Waals surface area contributed by atoms with Gasteiger partial charge in [-0.3, -0.25) is 4.79 Å². The topological polar surface area (TPSA) is 95.1 Å². The highest BCUT2D eigenvalue weighted by atomic mass is 35.5. The molecule has 1 aromatic heterocycles. The van der Waals surface area contributed by atoms with Gasteiger partial charge in [0.25, 0.3) is 0 Å². The number of nitrogen functional groups attached to an aromatic ring is 1. The fourth-order valence-corrected chi connectivity index (χ4v) is 3.20. The number of benzene rings is 2. The Labute approximate surface area is 172 Å². The van der Waals surface area contributed by atoms with Crippen LogP contribution in [0.25, 0.3) is 0 Å². The van der Waals surface area contributed by atoms with Crippen molar-refractivity contribution in [1.82, 2.24) is 20.2 Å². The van der Waals surface area contributed by atoms with E-state index in [1.165, 1.54) is 16.4 Å². The molecule has 0 unspecified atom stereocenters. The Morgan fingerprint density at radius 1 is 1.21 bits per heavy atom. The molecule has 146 valence electrons. The van der Waals surface area contributed by atoms with E-state index in [1.54, 1.807) is 24.3 Å². The fourth-order valence-electron chi connectivity index (χ4n) is 2.37. The number of aryl methyl sites for hydroxylation is 1. The number of hydrogen-bond donors (Lipinski definition) is 2. The minimum atomic E-state index is -0.102. The lowest BCUT2D eigenvalue weighted by molar-refractivity contribution is -0.118. The van der Waals surface area contributed by atoms with E-state index < -0.39 is 0 Å². The summed E-state index contributed by atoms with van der Waals surface area (Å²) in [5.41, 5.74) is 2.23. The third kappa shape index (κ3) is 5.40. The number of halogens is 1. The number of nitrogens with one attached hydrogen (secondary N) is 1. The SMILES string of the molecule is Cc1ccccc1CNC(=O)CSc1nnc(COc2ccc(Cl)cc2)n1N. The van der Waals surface area contributed by atoms with Gasteiger partial charge in [-0.25, -0.2) is 4.68 Å². The molecule has 0 saturated heterocycles. The highest BCUT2D eigenvalue weighted by molar-refractivity contribution is 7.99. The van der Waals surface area contributed by atoms with Crippen molar-refractivity contribution in [3.8, 4) is 5.75 Å². The van der Waals surface area contributed by atoms with Gasteiger partial charge in [-0.05, 0) is 42.3 Å². The van der Waals surface area contributed by atoms with Crippen molar-refractivity contribution in [3.63, 3.8) is 0 Å². The van der Waals surface area contributed by atoms with Gasteiger partial charge in [0.15, 0.2) is 5.82 Å². The van der Waals surface area contributed by atoms with Crippen molar-refractivity contribution >= 4 is 29.3 Å². The van der Waals surface area contributed by atoms with Gasteiger partial charge < -0.3 is 15.9 Å². The second kappa shape index (κ2) is 9.48. The maximum Gasteiger partial charge on any atom is 0.230 e. The second-order valence-corrected chi connectivity index (χ2v) is 7.38. The summed E-state index contributed by atoms with van der Waals surface area (Å²) in [4.78, 5) is 12.1. The predicted octanol–water partition coefficient (Wildman–Crippen LogP) is 2.94. The van der Waals surface area contributed by atoms with E-state index in [2.05, 4.69) is 15.5 Å². The molecule has 3 N–H and O–H groups in total. The summed E-state index contributed by atoms with van der Waals surface area (Å²) in [5.74, 6) is 7.20. The van der Waals surface area contributed by atoms with Crippen LogP contribution in [0, 0.1) is 6.92 Å². The number of carbonyl (C=O) groups is 1. The molecule has 0 aliphatic carbocycles. The molecule has 3 aromatic rings. The molecule has 1 heterocycles.